The van der Waals surface area contributed by atoms with Gasteiger partial charge in [-0.05, 0) is 18.2 Å². The van der Waals surface area contributed by atoms with E-state index in [2.05, 4.69) is 11.2 Å². The van der Waals surface area contributed by atoms with Crippen LogP contribution < -0.4 is 5.32 Å². The van der Waals surface area contributed by atoms with E-state index in [1.165, 1.54) is 12.1 Å². The maximum absolute atomic E-state index is 13.9. The van der Waals surface area contributed by atoms with E-state index in [9.17, 15) is 14.5 Å². The maximum Gasteiger partial charge on any atom is 0.305 e. The van der Waals surface area contributed by atoms with Crippen LogP contribution in [0.2, 0.25) is 0 Å². The van der Waals surface area contributed by atoms with Crippen LogP contribution in [0.3, 0.4) is 0 Å². The van der Waals surface area contributed by atoms with Crippen LogP contribution in [0.25, 0.3) is 0 Å². The third-order valence-corrected chi connectivity index (χ3v) is 2.77. The summed E-state index contributed by atoms with van der Waals surface area (Å²) in [5.41, 5.74) is 1.13. The lowest BCUT2D eigenvalue weighted by molar-refractivity contribution is -0.387. The smallest absolute Gasteiger partial charge is 0.305 e. The quantitative estimate of drug-likeness (QED) is 0.526. The summed E-state index contributed by atoms with van der Waals surface area (Å²) in [7, 11) is 0. The summed E-state index contributed by atoms with van der Waals surface area (Å²) in [6.07, 6.45) is 5.29. The Hall–Kier alpha value is -2.87. The lowest BCUT2D eigenvalue weighted by Crippen LogP contribution is -2.04. The van der Waals surface area contributed by atoms with Crippen LogP contribution in [0.1, 0.15) is 11.1 Å². The first-order chi connectivity index (χ1) is 9.61. The number of nitro benzene ring substituents is 1. The average Bonchev–Trinajstić information content (AvgIpc) is 2.46. The first-order valence-corrected chi connectivity index (χ1v) is 5.84. The molecule has 2 aromatic rings. The standard InChI is InChI=1S/C15H11FN2O2/c1-2-11-5-3-7-13(9-11)17-10-12-6-4-8-14(15(12)16)18(19)20/h1,3-9,17H,10H2. The van der Waals surface area contributed by atoms with Crippen molar-refractivity contribution in [2.75, 3.05) is 5.32 Å². The van der Waals surface area contributed by atoms with Crippen molar-refractivity contribution in [2.24, 2.45) is 0 Å². The van der Waals surface area contributed by atoms with E-state index in [1.54, 1.807) is 24.3 Å². The number of nitrogens with zero attached hydrogens (tertiary/aromatic N) is 1. The molecule has 0 spiro atoms. The van der Waals surface area contributed by atoms with Gasteiger partial charge in [0, 0.05) is 29.4 Å². The Morgan fingerprint density at radius 1 is 1.30 bits per heavy atom. The number of rotatable bonds is 4. The molecule has 0 unspecified atom stereocenters. The fourth-order valence-corrected chi connectivity index (χ4v) is 1.76. The van der Waals surface area contributed by atoms with E-state index in [1.807, 2.05) is 0 Å². The third-order valence-electron chi connectivity index (χ3n) is 2.77. The van der Waals surface area contributed by atoms with Crippen molar-refractivity contribution >= 4 is 11.4 Å². The summed E-state index contributed by atoms with van der Waals surface area (Å²) >= 11 is 0. The number of nitrogens with one attached hydrogen (secondary N) is 1. The molecule has 0 atom stereocenters. The SMILES string of the molecule is C#Cc1cccc(NCc2cccc([N+](=O)[O-])c2F)c1. The molecule has 0 aliphatic carbocycles. The van der Waals surface area contributed by atoms with Crippen molar-refractivity contribution in [1.29, 1.82) is 0 Å². The van der Waals surface area contributed by atoms with Gasteiger partial charge in [0.25, 0.3) is 0 Å². The minimum absolute atomic E-state index is 0.140. The van der Waals surface area contributed by atoms with Gasteiger partial charge in [-0.2, -0.15) is 4.39 Å². The number of hydrogen-bond acceptors (Lipinski definition) is 3. The summed E-state index contributed by atoms with van der Waals surface area (Å²) < 4.78 is 13.9. The molecule has 0 saturated heterocycles. The first kappa shape index (κ1) is 13.6. The highest BCUT2D eigenvalue weighted by Gasteiger charge is 2.16. The second-order valence-corrected chi connectivity index (χ2v) is 4.09. The second-order valence-electron chi connectivity index (χ2n) is 4.09. The van der Waals surface area contributed by atoms with E-state index in [4.69, 9.17) is 6.42 Å². The lowest BCUT2D eigenvalue weighted by atomic mass is 10.1. The van der Waals surface area contributed by atoms with E-state index >= 15 is 0 Å². The van der Waals surface area contributed by atoms with Crippen molar-refractivity contribution in [3.05, 3.63) is 69.5 Å². The highest BCUT2D eigenvalue weighted by atomic mass is 19.1. The summed E-state index contributed by atoms with van der Waals surface area (Å²) in [6.45, 7) is 0.140. The van der Waals surface area contributed by atoms with Gasteiger partial charge < -0.3 is 5.32 Å². The molecule has 5 heteroatoms. The molecule has 1 N–H and O–H groups in total. The maximum atomic E-state index is 13.9. The van der Waals surface area contributed by atoms with Crippen LogP contribution in [0, 0.1) is 28.3 Å². The average molecular weight is 270 g/mol. The van der Waals surface area contributed by atoms with Crippen LogP contribution in [-0.2, 0) is 6.54 Å². The van der Waals surface area contributed by atoms with Crippen molar-refractivity contribution in [3.8, 4) is 12.3 Å². The molecular weight excluding hydrogens is 259 g/mol. The Balaban J connectivity index is 2.17. The molecule has 100 valence electrons. The lowest BCUT2D eigenvalue weighted by Gasteiger charge is -2.08. The number of terminal acetylenes is 1. The van der Waals surface area contributed by atoms with Gasteiger partial charge >= 0.3 is 5.69 Å². The van der Waals surface area contributed by atoms with Gasteiger partial charge in [-0.3, -0.25) is 10.1 Å². The van der Waals surface area contributed by atoms with Crippen LogP contribution in [0.4, 0.5) is 15.8 Å². The van der Waals surface area contributed by atoms with Gasteiger partial charge in [0.15, 0.2) is 0 Å². The number of nitro groups is 1. The molecule has 20 heavy (non-hydrogen) atoms. The van der Waals surface area contributed by atoms with Crippen molar-refractivity contribution in [1.82, 2.24) is 0 Å². The molecule has 0 aliphatic rings. The Morgan fingerprint density at radius 3 is 2.75 bits per heavy atom. The number of hydrogen-bond donors (Lipinski definition) is 1. The normalized spacial score (nSPS) is 9.80. The zero-order valence-electron chi connectivity index (χ0n) is 10.5. The fourth-order valence-electron chi connectivity index (χ4n) is 1.76. The monoisotopic (exact) mass is 270 g/mol. The topological polar surface area (TPSA) is 55.2 Å². The van der Waals surface area contributed by atoms with Gasteiger partial charge in [0.1, 0.15) is 0 Å². The van der Waals surface area contributed by atoms with E-state index in [-0.39, 0.29) is 12.1 Å². The first-order valence-electron chi connectivity index (χ1n) is 5.84. The van der Waals surface area contributed by atoms with Crippen LogP contribution in [0.5, 0.6) is 0 Å². The predicted octanol–water partition coefficient (Wildman–Crippen LogP) is 3.33. The molecule has 0 amide bonds. The summed E-state index contributed by atoms with van der Waals surface area (Å²) in [4.78, 5) is 9.92. The zero-order valence-corrected chi connectivity index (χ0v) is 10.5. The van der Waals surface area contributed by atoms with Crippen molar-refractivity contribution in [2.45, 2.75) is 6.54 Å². The molecule has 0 saturated carbocycles. The number of benzene rings is 2. The number of anilines is 1. The molecule has 0 aliphatic heterocycles. The Morgan fingerprint density at radius 2 is 2.05 bits per heavy atom. The van der Waals surface area contributed by atoms with Gasteiger partial charge in [-0.15, -0.1) is 6.42 Å². The molecular formula is C15H11FN2O2. The Bertz CT molecular complexity index is 693. The minimum atomic E-state index is -0.821. The van der Waals surface area contributed by atoms with Gasteiger partial charge in [-0.25, -0.2) is 0 Å². The zero-order chi connectivity index (χ0) is 14.5. The van der Waals surface area contributed by atoms with Crippen molar-refractivity contribution in [3.63, 3.8) is 0 Å². The molecule has 0 radical (unpaired) electrons. The van der Waals surface area contributed by atoms with Gasteiger partial charge in [0.05, 0.1) is 4.92 Å². The van der Waals surface area contributed by atoms with E-state index in [0.717, 1.165) is 11.8 Å². The minimum Gasteiger partial charge on any atom is -0.381 e. The highest BCUT2D eigenvalue weighted by molar-refractivity contribution is 5.50. The third kappa shape index (κ3) is 2.93. The Kier molecular flexibility index (Phi) is 3.96. The molecule has 0 bridgehead atoms. The van der Waals surface area contributed by atoms with Gasteiger partial charge in [-0.1, -0.05) is 24.1 Å². The molecule has 2 aromatic carbocycles. The van der Waals surface area contributed by atoms with Gasteiger partial charge in [0.2, 0.25) is 5.82 Å². The summed E-state index contributed by atoms with van der Waals surface area (Å²) in [5.74, 6) is 1.68. The second kappa shape index (κ2) is 5.85. The fraction of sp³-hybridized carbons (Fsp3) is 0.0667. The molecule has 0 fully saturated rings. The molecule has 2 rings (SSSR count). The Labute approximate surface area is 115 Å². The van der Waals surface area contributed by atoms with Crippen molar-refractivity contribution < 1.29 is 9.31 Å². The van der Waals surface area contributed by atoms with E-state index < -0.39 is 16.4 Å². The molecule has 0 aromatic heterocycles. The van der Waals surface area contributed by atoms with E-state index in [0.29, 0.717) is 5.56 Å². The molecule has 0 heterocycles. The van der Waals surface area contributed by atoms with Crippen LogP contribution in [0.15, 0.2) is 42.5 Å². The largest absolute Gasteiger partial charge is 0.381 e. The van der Waals surface area contributed by atoms with Crippen LogP contribution in [-0.4, -0.2) is 4.92 Å². The highest BCUT2D eigenvalue weighted by Crippen LogP contribution is 2.21. The number of halogens is 1. The predicted molar refractivity (Wildman–Crippen MR) is 74.8 cm³/mol. The van der Waals surface area contributed by atoms with Crippen LogP contribution >= 0.6 is 0 Å². The summed E-state index contributed by atoms with van der Waals surface area (Å²) in [5, 5.41) is 13.6. The molecule has 4 nitrogen and oxygen atoms in total. The summed E-state index contributed by atoms with van der Waals surface area (Å²) in [6, 6.07) is 11.2.